The molecule has 0 bridgehead atoms. The van der Waals surface area contributed by atoms with E-state index in [9.17, 15) is 0 Å². The molecule has 1 fully saturated rings. The zero-order valence-electron chi connectivity index (χ0n) is 21.9. The average Bonchev–Trinajstić information content (AvgIpc) is 3.62. The molecule has 0 aromatic carbocycles. The predicted molar refractivity (Wildman–Crippen MR) is 156 cm³/mol. The van der Waals surface area contributed by atoms with Gasteiger partial charge in [0.2, 0.25) is 0 Å². The van der Waals surface area contributed by atoms with Crippen molar-refractivity contribution >= 4 is 27.6 Å². The SMILES string of the molecule is C=C(CC1CCNCC1)Nc1cncc(-c2cc3c(-c4nc5c(-c6ccncc6)nccc5[nH]4)n[nH]c3cn2)c1. The van der Waals surface area contributed by atoms with Crippen LogP contribution >= 0.6 is 0 Å². The number of fused-ring (bicyclic) bond motifs is 2. The van der Waals surface area contributed by atoms with Crippen LogP contribution in [-0.2, 0) is 0 Å². The Hall–Kier alpha value is -4.96. The topological polar surface area (TPSA) is 133 Å². The van der Waals surface area contributed by atoms with Crippen molar-refractivity contribution in [3.05, 3.63) is 79.8 Å². The summed E-state index contributed by atoms with van der Waals surface area (Å²) in [6.07, 6.45) is 14.1. The number of aromatic nitrogens is 8. The van der Waals surface area contributed by atoms with E-state index in [1.165, 1.54) is 12.8 Å². The number of allylic oxidation sites excluding steroid dienone is 1. The molecule has 6 aromatic rings. The minimum absolute atomic E-state index is 0.657. The molecule has 7 rings (SSSR count). The Bertz CT molecular complexity index is 1820. The van der Waals surface area contributed by atoms with Crippen LogP contribution in [0.2, 0.25) is 0 Å². The number of nitrogens with zero attached hydrogens (tertiary/aromatic N) is 6. The van der Waals surface area contributed by atoms with Crippen molar-refractivity contribution in [2.45, 2.75) is 19.3 Å². The molecule has 0 unspecified atom stereocenters. The summed E-state index contributed by atoms with van der Waals surface area (Å²) < 4.78 is 0. The quantitative estimate of drug-likeness (QED) is 0.218. The fraction of sp³-hybridized carbons (Fsp3) is 0.200. The number of nitrogens with one attached hydrogen (secondary N) is 4. The van der Waals surface area contributed by atoms with Gasteiger partial charge in [-0.2, -0.15) is 5.10 Å². The van der Waals surface area contributed by atoms with Crippen LogP contribution in [0, 0.1) is 5.92 Å². The summed E-state index contributed by atoms with van der Waals surface area (Å²) in [5, 5.41) is 15.5. The number of piperidine rings is 1. The maximum absolute atomic E-state index is 4.90. The van der Waals surface area contributed by atoms with E-state index in [-0.39, 0.29) is 0 Å². The maximum Gasteiger partial charge on any atom is 0.159 e. The molecule has 4 N–H and O–H groups in total. The second-order valence-electron chi connectivity index (χ2n) is 10.2. The second kappa shape index (κ2) is 10.3. The Kier molecular flexibility index (Phi) is 6.21. The van der Waals surface area contributed by atoms with E-state index < -0.39 is 0 Å². The highest BCUT2D eigenvalue weighted by Gasteiger charge is 2.18. The highest BCUT2D eigenvalue weighted by molar-refractivity contribution is 5.96. The highest BCUT2D eigenvalue weighted by Crippen LogP contribution is 2.32. The van der Waals surface area contributed by atoms with Gasteiger partial charge in [0.1, 0.15) is 11.2 Å². The third kappa shape index (κ3) is 4.69. The van der Waals surface area contributed by atoms with Crippen LogP contribution in [-0.4, -0.2) is 53.2 Å². The number of H-pyrrole nitrogens is 2. The molecule has 10 nitrogen and oxygen atoms in total. The molecule has 1 aliphatic rings. The van der Waals surface area contributed by atoms with Crippen molar-refractivity contribution in [1.82, 2.24) is 45.4 Å². The second-order valence-corrected chi connectivity index (χ2v) is 10.2. The van der Waals surface area contributed by atoms with Crippen molar-refractivity contribution in [1.29, 1.82) is 0 Å². The minimum atomic E-state index is 0.657. The standard InChI is InChI=1S/C30H28N10/c1-18(12-19-2-7-31-8-3-19)36-22-13-21(15-33-16-22)25-14-23-26(17-35-25)39-40-28(23)30-37-24-6-11-34-27(29(24)38-30)20-4-9-32-10-5-20/h4-6,9-11,13-17,19,31,36H,1-3,7-8,12H2,(H,37,38)(H,39,40). The maximum atomic E-state index is 4.90. The van der Waals surface area contributed by atoms with Gasteiger partial charge in [-0.1, -0.05) is 6.58 Å². The molecule has 0 atom stereocenters. The summed E-state index contributed by atoms with van der Waals surface area (Å²) in [6.45, 7) is 6.42. The molecule has 6 aromatic heterocycles. The Morgan fingerprint density at radius 1 is 0.900 bits per heavy atom. The number of rotatable bonds is 7. The zero-order valence-corrected chi connectivity index (χ0v) is 21.9. The zero-order chi connectivity index (χ0) is 26.9. The van der Waals surface area contributed by atoms with Crippen LogP contribution < -0.4 is 10.6 Å². The number of pyridine rings is 4. The Labute approximate surface area is 230 Å². The summed E-state index contributed by atoms with van der Waals surface area (Å²) in [4.78, 5) is 26.2. The van der Waals surface area contributed by atoms with Gasteiger partial charge in [0.25, 0.3) is 0 Å². The van der Waals surface area contributed by atoms with Crippen LogP contribution in [0.15, 0.2) is 79.8 Å². The van der Waals surface area contributed by atoms with Gasteiger partial charge in [0, 0.05) is 47.0 Å². The first kappa shape index (κ1) is 24.1. The van der Waals surface area contributed by atoms with Gasteiger partial charge in [-0.25, -0.2) is 4.98 Å². The molecule has 198 valence electrons. The van der Waals surface area contributed by atoms with E-state index >= 15 is 0 Å². The van der Waals surface area contributed by atoms with Crippen LogP contribution in [0.3, 0.4) is 0 Å². The van der Waals surface area contributed by atoms with E-state index in [4.69, 9.17) is 4.98 Å². The first-order valence-corrected chi connectivity index (χ1v) is 13.4. The molecule has 0 saturated carbocycles. The third-order valence-corrected chi connectivity index (χ3v) is 7.38. The predicted octanol–water partition coefficient (Wildman–Crippen LogP) is 5.34. The van der Waals surface area contributed by atoms with Crippen LogP contribution in [0.25, 0.3) is 56.0 Å². The fourth-order valence-corrected chi connectivity index (χ4v) is 5.36. The fourth-order valence-electron chi connectivity index (χ4n) is 5.36. The Morgan fingerprint density at radius 3 is 2.65 bits per heavy atom. The summed E-state index contributed by atoms with van der Waals surface area (Å²) in [6, 6.07) is 9.85. The molecule has 0 spiro atoms. The third-order valence-electron chi connectivity index (χ3n) is 7.38. The molecular weight excluding hydrogens is 500 g/mol. The van der Waals surface area contributed by atoms with Crippen molar-refractivity contribution in [2.75, 3.05) is 18.4 Å². The lowest BCUT2D eigenvalue weighted by atomic mass is 9.93. The molecule has 0 amide bonds. The molecule has 0 radical (unpaired) electrons. The number of hydrogen-bond acceptors (Lipinski definition) is 8. The van der Waals surface area contributed by atoms with Crippen molar-refractivity contribution in [3.8, 4) is 34.0 Å². The van der Waals surface area contributed by atoms with Crippen LogP contribution in [0.4, 0.5) is 5.69 Å². The van der Waals surface area contributed by atoms with Gasteiger partial charge in [-0.05, 0) is 68.6 Å². The molecular formula is C30H28N10. The van der Waals surface area contributed by atoms with Gasteiger partial charge in [0.15, 0.2) is 5.82 Å². The van der Waals surface area contributed by atoms with Gasteiger partial charge in [-0.3, -0.25) is 25.0 Å². The van der Waals surface area contributed by atoms with E-state index in [0.29, 0.717) is 17.4 Å². The van der Waals surface area contributed by atoms with Crippen molar-refractivity contribution in [2.24, 2.45) is 5.92 Å². The summed E-state index contributed by atoms with van der Waals surface area (Å²) >= 11 is 0. The Balaban J connectivity index is 1.19. The lowest BCUT2D eigenvalue weighted by Crippen LogP contribution is -2.28. The number of hydrogen-bond donors (Lipinski definition) is 4. The van der Waals surface area contributed by atoms with Crippen LogP contribution in [0.1, 0.15) is 19.3 Å². The lowest BCUT2D eigenvalue weighted by molar-refractivity contribution is 0.373. The lowest BCUT2D eigenvalue weighted by Gasteiger charge is -2.23. The Morgan fingerprint density at radius 2 is 1.77 bits per heavy atom. The van der Waals surface area contributed by atoms with Crippen molar-refractivity contribution < 1.29 is 0 Å². The molecule has 10 heteroatoms. The van der Waals surface area contributed by atoms with Gasteiger partial charge >= 0.3 is 0 Å². The number of anilines is 1. The number of aromatic amines is 2. The minimum Gasteiger partial charge on any atom is -0.358 e. The first-order valence-electron chi connectivity index (χ1n) is 13.4. The monoisotopic (exact) mass is 528 g/mol. The normalized spacial score (nSPS) is 14.1. The van der Waals surface area contributed by atoms with Gasteiger partial charge < -0.3 is 15.6 Å². The van der Waals surface area contributed by atoms with E-state index in [0.717, 1.165) is 75.3 Å². The first-order chi connectivity index (χ1) is 19.7. The summed E-state index contributed by atoms with van der Waals surface area (Å²) in [5.74, 6) is 1.32. The smallest absolute Gasteiger partial charge is 0.159 e. The van der Waals surface area contributed by atoms with E-state index in [1.807, 2.05) is 36.7 Å². The molecule has 7 heterocycles. The number of imidazole rings is 1. The average molecular weight is 529 g/mol. The van der Waals surface area contributed by atoms with E-state index in [2.05, 4.69) is 58.4 Å². The molecule has 0 aliphatic carbocycles. The highest BCUT2D eigenvalue weighted by atomic mass is 15.1. The molecule has 40 heavy (non-hydrogen) atoms. The summed E-state index contributed by atoms with van der Waals surface area (Å²) in [7, 11) is 0. The van der Waals surface area contributed by atoms with Crippen LogP contribution in [0.5, 0.6) is 0 Å². The largest absolute Gasteiger partial charge is 0.358 e. The summed E-state index contributed by atoms with van der Waals surface area (Å²) in [5.41, 5.74) is 8.57. The molecule has 1 aliphatic heterocycles. The van der Waals surface area contributed by atoms with Gasteiger partial charge in [-0.15, -0.1) is 0 Å². The van der Waals surface area contributed by atoms with E-state index in [1.54, 1.807) is 24.8 Å². The molecule has 1 saturated heterocycles. The van der Waals surface area contributed by atoms with Gasteiger partial charge in [0.05, 0.1) is 40.5 Å². The van der Waals surface area contributed by atoms with Crippen molar-refractivity contribution in [3.63, 3.8) is 0 Å².